The number of nitrogens with zero attached hydrogens (tertiary/aromatic N) is 4. The van der Waals surface area contributed by atoms with Gasteiger partial charge in [-0.2, -0.15) is 9.40 Å². The summed E-state index contributed by atoms with van der Waals surface area (Å²) in [6, 6.07) is 0. The molecule has 0 aromatic carbocycles. The third-order valence-electron chi connectivity index (χ3n) is 2.32. The molecule has 0 saturated carbocycles. The second-order valence-corrected chi connectivity index (χ2v) is 5.74. The largest absolute Gasteiger partial charge is 0.339 e. The summed E-state index contributed by atoms with van der Waals surface area (Å²) < 4.78 is 27.0. The third kappa shape index (κ3) is 2.37. The van der Waals surface area contributed by atoms with Crippen LogP contribution in [0.15, 0.2) is 29.9 Å². The Labute approximate surface area is 99.1 Å². The Balaban J connectivity index is 2.21. The molecular weight excluding hydrogens is 242 g/mol. The zero-order chi connectivity index (χ0) is 12.5. The van der Waals surface area contributed by atoms with Gasteiger partial charge in [-0.25, -0.2) is 13.4 Å². The van der Waals surface area contributed by atoms with Crippen molar-refractivity contribution in [2.24, 2.45) is 7.05 Å². The number of aryl methyl sites for hydroxylation is 1. The number of aromatic nitrogens is 4. The molecule has 8 heteroatoms. The second kappa shape index (κ2) is 4.30. The second-order valence-electron chi connectivity index (χ2n) is 3.75. The Hall–Kier alpha value is -1.67. The number of hydrogen-bond donors (Lipinski definition) is 1. The number of sulfonamides is 1. The lowest BCUT2D eigenvalue weighted by molar-refractivity contribution is 0.464. The highest BCUT2D eigenvalue weighted by Crippen LogP contribution is 2.13. The van der Waals surface area contributed by atoms with Crippen molar-refractivity contribution in [3.8, 4) is 0 Å². The highest BCUT2D eigenvalue weighted by atomic mass is 32.2. The first-order valence-corrected chi connectivity index (χ1v) is 6.36. The number of imidazole rings is 1. The van der Waals surface area contributed by atoms with Gasteiger partial charge < -0.3 is 4.57 Å². The Bertz CT molecular complexity index is 587. The molecule has 0 bridgehead atoms. The normalized spacial score (nSPS) is 12.2. The standard InChI is InChI=1S/C9H13N5O2S/c1-13-6-9(10-7-13)17(15,16)14(2)5-8-3-11-12-4-8/h3-4,6-7H,5H2,1-2H3,(H,11,12). The van der Waals surface area contributed by atoms with Crippen LogP contribution in [0.1, 0.15) is 5.56 Å². The van der Waals surface area contributed by atoms with Gasteiger partial charge in [-0.3, -0.25) is 5.10 Å². The molecular formula is C9H13N5O2S. The summed E-state index contributed by atoms with van der Waals surface area (Å²) in [7, 11) is -0.299. The van der Waals surface area contributed by atoms with E-state index in [1.165, 1.54) is 23.9 Å². The minimum Gasteiger partial charge on any atom is -0.339 e. The van der Waals surface area contributed by atoms with Crippen molar-refractivity contribution in [3.05, 3.63) is 30.5 Å². The zero-order valence-electron chi connectivity index (χ0n) is 9.53. The van der Waals surface area contributed by atoms with Crippen LogP contribution in [-0.4, -0.2) is 39.5 Å². The first-order valence-electron chi connectivity index (χ1n) is 4.92. The molecule has 2 aromatic rings. The lowest BCUT2D eigenvalue weighted by Gasteiger charge is -2.14. The van der Waals surface area contributed by atoms with Gasteiger partial charge in [-0.1, -0.05) is 0 Å². The third-order valence-corrected chi connectivity index (χ3v) is 4.01. The zero-order valence-corrected chi connectivity index (χ0v) is 10.3. The first kappa shape index (κ1) is 11.8. The fourth-order valence-corrected chi connectivity index (χ4v) is 2.51. The molecule has 0 saturated heterocycles. The van der Waals surface area contributed by atoms with Gasteiger partial charge in [0.2, 0.25) is 0 Å². The molecule has 2 rings (SSSR count). The monoisotopic (exact) mass is 255 g/mol. The molecule has 0 spiro atoms. The van der Waals surface area contributed by atoms with Crippen LogP contribution in [0, 0.1) is 0 Å². The van der Waals surface area contributed by atoms with Crippen LogP contribution in [0.2, 0.25) is 0 Å². The molecule has 7 nitrogen and oxygen atoms in total. The summed E-state index contributed by atoms with van der Waals surface area (Å²) in [5.41, 5.74) is 0.798. The molecule has 92 valence electrons. The Morgan fingerprint density at radius 3 is 2.82 bits per heavy atom. The Morgan fingerprint density at radius 1 is 1.53 bits per heavy atom. The summed E-state index contributed by atoms with van der Waals surface area (Å²) in [5.74, 6) is 0. The van der Waals surface area contributed by atoms with E-state index in [1.807, 2.05) is 0 Å². The van der Waals surface area contributed by atoms with E-state index in [9.17, 15) is 8.42 Å². The van der Waals surface area contributed by atoms with Crippen molar-refractivity contribution in [2.75, 3.05) is 7.05 Å². The summed E-state index contributed by atoms with van der Waals surface area (Å²) in [6.07, 6.45) is 6.18. The van der Waals surface area contributed by atoms with Gasteiger partial charge in [-0.05, 0) is 0 Å². The molecule has 0 aliphatic carbocycles. The van der Waals surface area contributed by atoms with E-state index in [4.69, 9.17) is 0 Å². The number of H-pyrrole nitrogens is 1. The predicted molar refractivity (Wildman–Crippen MR) is 60.4 cm³/mol. The molecule has 1 N–H and O–H groups in total. The van der Waals surface area contributed by atoms with Crippen LogP contribution < -0.4 is 0 Å². The van der Waals surface area contributed by atoms with Crippen molar-refractivity contribution in [1.29, 1.82) is 0 Å². The molecule has 0 amide bonds. The molecule has 0 fully saturated rings. The fraction of sp³-hybridized carbons (Fsp3) is 0.333. The van der Waals surface area contributed by atoms with E-state index < -0.39 is 10.0 Å². The van der Waals surface area contributed by atoms with Gasteiger partial charge in [-0.15, -0.1) is 0 Å². The molecule has 2 heterocycles. The Kier molecular flexibility index (Phi) is 2.99. The number of nitrogens with one attached hydrogen (secondary N) is 1. The van der Waals surface area contributed by atoms with E-state index in [-0.39, 0.29) is 11.6 Å². The average Bonchev–Trinajstić information content (AvgIpc) is 2.89. The average molecular weight is 255 g/mol. The van der Waals surface area contributed by atoms with Gasteiger partial charge in [0.15, 0.2) is 5.03 Å². The van der Waals surface area contributed by atoms with Crippen LogP contribution in [0.4, 0.5) is 0 Å². The lowest BCUT2D eigenvalue weighted by atomic mass is 10.4. The predicted octanol–water partition coefficient (Wildman–Crippen LogP) is -0.0361. The molecule has 2 aromatic heterocycles. The quantitative estimate of drug-likeness (QED) is 0.831. The van der Waals surface area contributed by atoms with E-state index in [0.717, 1.165) is 5.56 Å². The summed E-state index contributed by atoms with van der Waals surface area (Å²) in [5, 5.41) is 6.45. The van der Waals surface area contributed by atoms with Gasteiger partial charge in [0.1, 0.15) is 0 Å². The topological polar surface area (TPSA) is 83.9 Å². The van der Waals surface area contributed by atoms with Crippen LogP contribution in [0.5, 0.6) is 0 Å². The summed E-state index contributed by atoms with van der Waals surface area (Å²) >= 11 is 0. The van der Waals surface area contributed by atoms with Crippen molar-refractivity contribution in [1.82, 2.24) is 24.1 Å². The number of aromatic amines is 1. The maximum absolute atomic E-state index is 12.1. The van der Waals surface area contributed by atoms with Crippen molar-refractivity contribution in [3.63, 3.8) is 0 Å². The lowest BCUT2D eigenvalue weighted by Crippen LogP contribution is -2.26. The number of rotatable bonds is 4. The first-order chi connectivity index (χ1) is 8.00. The van der Waals surface area contributed by atoms with Gasteiger partial charge >= 0.3 is 0 Å². The van der Waals surface area contributed by atoms with E-state index >= 15 is 0 Å². The van der Waals surface area contributed by atoms with Crippen LogP contribution in [0.25, 0.3) is 0 Å². The number of hydrogen-bond acceptors (Lipinski definition) is 4. The molecule has 0 aliphatic heterocycles. The van der Waals surface area contributed by atoms with Crippen molar-refractivity contribution < 1.29 is 8.42 Å². The van der Waals surface area contributed by atoms with Gasteiger partial charge in [0.25, 0.3) is 10.0 Å². The van der Waals surface area contributed by atoms with Crippen LogP contribution >= 0.6 is 0 Å². The maximum Gasteiger partial charge on any atom is 0.262 e. The molecule has 0 atom stereocenters. The highest BCUT2D eigenvalue weighted by molar-refractivity contribution is 7.89. The van der Waals surface area contributed by atoms with Crippen LogP contribution in [0.3, 0.4) is 0 Å². The molecule has 17 heavy (non-hydrogen) atoms. The minimum atomic E-state index is -3.53. The maximum atomic E-state index is 12.1. The van der Waals surface area contributed by atoms with Gasteiger partial charge in [0, 0.05) is 38.6 Å². The SMILES string of the molecule is CN(Cc1cn[nH]c1)S(=O)(=O)c1cn(C)cn1. The molecule has 0 radical (unpaired) electrons. The Morgan fingerprint density at radius 2 is 2.29 bits per heavy atom. The summed E-state index contributed by atoms with van der Waals surface area (Å²) in [4.78, 5) is 3.85. The van der Waals surface area contributed by atoms with E-state index in [0.29, 0.717) is 0 Å². The van der Waals surface area contributed by atoms with Crippen molar-refractivity contribution >= 4 is 10.0 Å². The van der Waals surface area contributed by atoms with Crippen molar-refractivity contribution in [2.45, 2.75) is 11.6 Å². The highest BCUT2D eigenvalue weighted by Gasteiger charge is 2.23. The fourth-order valence-electron chi connectivity index (χ4n) is 1.39. The molecule has 0 unspecified atom stereocenters. The molecule has 0 aliphatic rings. The van der Waals surface area contributed by atoms with Crippen LogP contribution in [-0.2, 0) is 23.6 Å². The smallest absolute Gasteiger partial charge is 0.262 e. The summed E-state index contributed by atoms with van der Waals surface area (Å²) in [6.45, 7) is 0.259. The minimum absolute atomic E-state index is 0.0472. The van der Waals surface area contributed by atoms with Gasteiger partial charge in [0.05, 0.1) is 12.5 Å². The van der Waals surface area contributed by atoms with E-state index in [2.05, 4.69) is 15.2 Å². The van der Waals surface area contributed by atoms with E-state index in [1.54, 1.807) is 24.0 Å².